The van der Waals surface area contributed by atoms with Gasteiger partial charge in [-0.1, -0.05) is 164 Å². The fraction of sp³-hybridized carbons (Fsp3) is 0.769. The number of rotatable bonds is 42. The lowest BCUT2D eigenvalue weighted by molar-refractivity contribution is -0.297. The van der Waals surface area contributed by atoms with Crippen molar-refractivity contribution < 1.29 is 56.8 Å². The lowest BCUT2D eigenvalue weighted by atomic mass is 10.00. The lowest BCUT2D eigenvalue weighted by Gasteiger charge is -2.40. The highest BCUT2D eigenvalue weighted by atomic mass is 32.2. The van der Waals surface area contributed by atoms with E-state index in [1.807, 2.05) is 0 Å². The summed E-state index contributed by atoms with van der Waals surface area (Å²) in [4.78, 5) is 25.5. The molecule has 0 bridgehead atoms. The summed E-state index contributed by atoms with van der Waals surface area (Å²) in [6.07, 6.45) is 42.5. The van der Waals surface area contributed by atoms with Gasteiger partial charge < -0.3 is 34.3 Å². The van der Waals surface area contributed by atoms with Crippen molar-refractivity contribution in [2.45, 2.75) is 237 Å². The summed E-state index contributed by atoms with van der Waals surface area (Å²) in [6.45, 7) is 3.71. The first-order valence-corrected chi connectivity index (χ1v) is 27.0. The Morgan fingerprint density at radius 2 is 0.923 bits per heavy atom. The minimum absolute atomic E-state index is 0.146. The largest absolute Gasteiger partial charge is 0.462 e. The third kappa shape index (κ3) is 36.1. The molecule has 0 aliphatic carbocycles. The Labute approximate surface area is 394 Å². The van der Waals surface area contributed by atoms with Gasteiger partial charge in [0.05, 0.1) is 6.61 Å². The summed E-state index contributed by atoms with van der Waals surface area (Å²) < 4.78 is 54.2. The average Bonchev–Trinajstić information content (AvgIpc) is 3.27. The highest BCUT2D eigenvalue weighted by Crippen LogP contribution is 2.24. The van der Waals surface area contributed by atoms with E-state index in [9.17, 15) is 37.9 Å². The first-order chi connectivity index (χ1) is 31.5. The Hall–Kier alpha value is -2.65. The summed E-state index contributed by atoms with van der Waals surface area (Å²) in [6, 6.07) is 0. The Balaban J connectivity index is 2.41. The second-order valence-electron chi connectivity index (χ2n) is 17.5. The third-order valence-corrected chi connectivity index (χ3v) is 12.1. The molecule has 12 nitrogen and oxygen atoms in total. The minimum Gasteiger partial charge on any atom is -0.462 e. The van der Waals surface area contributed by atoms with Gasteiger partial charge in [0.2, 0.25) is 0 Å². The van der Waals surface area contributed by atoms with Gasteiger partial charge in [0.25, 0.3) is 10.1 Å². The summed E-state index contributed by atoms with van der Waals surface area (Å²) in [5, 5.41) is 31.0. The van der Waals surface area contributed by atoms with Crippen LogP contribution in [0.1, 0.15) is 200 Å². The summed E-state index contributed by atoms with van der Waals surface area (Å²) in [5.74, 6) is -2.01. The smallest absolute Gasteiger partial charge is 0.306 e. The zero-order valence-corrected chi connectivity index (χ0v) is 41.1. The van der Waals surface area contributed by atoms with E-state index in [-0.39, 0.29) is 19.4 Å². The number of aliphatic hydroxyl groups is 3. The van der Waals surface area contributed by atoms with E-state index in [4.69, 9.17) is 18.9 Å². The Morgan fingerprint density at radius 1 is 0.523 bits per heavy atom. The molecule has 0 aromatic carbocycles. The highest BCUT2D eigenvalue weighted by molar-refractivity contribution is 7.85. The molecule has 0 saturated carbocycles. The van der Waals surface area contributed by atoms with Gasteiger partial charge in [-0.05, 0) is 83.5 Å². The van der Waals surface area contributed by atoms with Gasteiger partial charge >= 0.3 is 11.9 Å². The lowest BCUT2D eigenvalue weighted by Crippen LogP contribution is -2.60. The van der Waals surface area contributed by atoms with Crippen molar-refractivity contribution >= 4 is 22.1 Å². The molecule has 1 saturated heterocycles. The first-order valence-electron chi connectivity index (χ1n) is 25.3. The van der Waals surface area contributed by atoms with Gasteiger partial charge in [-0.3, -0.25) is 14.1 Å². The van der Waals surface area contributed by atoms with Crippen LogP contribution in [0, 0.1) is 0 Å². The van der Waals surface area contributed by atoms with Crippen molar-refractivity contribution in [1.29, 1.82) is 0 Å². The van der Waals surface area contributed by atoms with E-state index in [2.05, 4.69) is 74.6 Å². The molecule has 0 radical (unpaired) electrons. The highest BCUT2D eigenvalue weighted by Gasteiger charge is 2.46. The zero-order chi connectivity index (χ0) is 47.6. The standard InChI is InChI=1S/C52H90O12S/c1-3-5-7-9-11-13-15-17-19-21-23-25-27-29-31-33-35-37-39-41-48(54)63-45(43-62-52-51(57)50(56)49(55)46(64-52)44-65(58,59)60)42-61-47(53)40-38-36-34-32-30-28-26-24-22-20-18-16-14-12-10-8-6-4-2/h11,13-14,16-17,19-20,22-23,25,45-46,49-52,55-57H,3-10,12,15,18,21,24,26-44H2,1-2H3,(H,58,59,60)/b13-11-,16-14-,19-17-,22-20-,25-23-. The van der Waals surface area contributed by atoms with Crippen molar-refractivity contribution in [1.82, 2.24) is 0 Å². The Morgan fingerprint density at radius 3 is 1.40 bits per heavy atom. The van der Waals surface area contributed by atoms with Gasteiger partial charge in [-0.25, -0.2) is 0 Å². The van der Waals surface area contributed by atoms with Crippen LogP contribution in [0.4, 0.5) is 0 Å². The van der Waals surface area contributed by atoms with Gasteiger partial charge in [0.15, 0.2) is 12.4 Å². The van der Waals surface area contributed by atoms with E-state index in [1.54, 1.807) is 0 Å². The maximum absolute atomic E-state index is 12.9. The van der Waals surface area contributed by atoms with Crippen molar-refractivity contribution in [3.05, 3.63) is 60.8 Å². The molecule has 6 atom stereocenters. The topological polar surface area (TPSA) is 186 Å². The van der Waals surface area contributed by atoms with Crippen LogP contribution in [0.5, 0.6) is 0 Å². The predicted molar refractivity (Wildman–Crippen MR) is 261 cm³/mol. The SMILES string of the molecule is CCCCC/C=C\C/C=C\C/C=C\CCCCCCCCC(=O)OC(COC(=O)CCCCCCCCC/C=C\C/C=C\CCCCCC)COC1OC(CS(=O)(=O)O)C(O)C(O)C1O. The van der Waals surface area contributed by atoms with Crippen molar-refractivity contribution in [2.75, 3.05) is 19.0 Å². The van der Waals surface area contributed by atoms with E-state index >= 15 is 0 Å². The second-order valence-corrected chi connectivity index (χ2v) is 19.0. The number of ether oxygens (including phenoxy) is 4. The molecule has 1 aliphatic rings. The molecule has 13 heteroatoms. The number of aliphatic hydroxyl groups excluding tert-OH is 3. The normalized spacial score (nSPS) is 20.0. The molecule has 6 unspecified atom stereocenters. The number of esters is 2. The molecular weight excluding hydrogens is 849 g/mol. The van der Waals surface area contributed by atoms with E-state index in [0.29, 0.717) is 12.8 Å². The quantitative estimate of drug-likeness (QED) is 0.0197. The molecule has 0 aromatic rings. The molecule has 376 valence electrons. The average molecular weight is 939 g/mol. The maximum Gasteiger partial charge on any atom is 0.306 e. The molecule has 1 rings (SSSR count). The number of hydrogen-bond acceptors (Lipinski definition) is 11. The summed E-state index contributed by atoms with van der Waals surface area (Å²) in [5.41, 5.74) is 0. The first kappa shape index (κ1) is 60.4. The van der Waals surface area contributed by atoms with Crippen LogP contribution in [0.3, 0.4) is 0 Å². The molecule has 1 aliphatic heterocycles. The van der Waals surface area contributed by atoms with Crippen molar-refractivity contribution in [2.24, 2.45) is 0 Å². The van der Waals surface area contributed by atoms with E-state index < -0.39 is 71.2 Å². The number of carbonyl (C=O) groups is 2. The van der Waals surface area contributed by atoms with Crippen LogP contribution in [0.15, 0.2) is 60.8 Å². The van der Waals surface area contributed by atoms with Gasteiger partial charge in [0.1, 0.15) is 36.8 Å². The zero-order valence-electron chi connectivity index (χ0n) is 40.3. The van der Waals surface area contributed by atoms with Gasteiger partial charge in [-0.15, -0.1) is 0 Å². The molecular formula is C52H90O12S. The molecule has 65 heavy (non-hydrogen) atoms. The van der Waals surface area contributed by atoms with Gasteiger partial charge in [0, 0.05) is 12.8 Å². The molecule has 0 spiro atoms. The van der Waals surface area contributed by atoms with Crippen LogP contribution in [-0.4, -0.2) is 96.0 Å². The fourth-order valence-electron chi connectivity index (χ4n) is 7.36. The fourth-order valence-corrected chi connectivity index (χ4v) is 8.05. The number of allylic oxidation sites excluding steroid dienone is 10. The molecule has 1 fully saturated rings. The maximum atomic E-state index is 12.9. The molecule has 0 amide bonds. The van der Waals surface area contributed by atoms with Crippen molar-refractivity contribution in [3.63, 3.8) is 0 Å². The number of unbranched alkanes of at least 4 members (excludes halogenated alkanes) is 20. The van der Waals surface area contributed by atoms with Crippen LogP contribution in [0.25, 0.3) is 0 Å². The summed E-state index contributed by atoms with van der Waals surface area (Å²) in [7, 11) is -4.61. The van der Waals surface area contributed by atoms with Crippen LogP contribution in [-0.2, 0) is 38.7 Å². The third-order valence-electron chi connectivity index (χ3n) is 11.3. The Bertz CT molecular complexity index is 1420. The Kier molecular flexibility index (Phi) is 38.6. The number of carbonyl (C=O) groups excluding carboxylic acids is 2. The number of hydrogen-bond donors (Lipinski definition) is 4. The monoisotopic (exact) mass is 939 g/mol. The molecule has 4 N–H and O–H groups in total. The second kappa shape index (κ2) is 41.5. The van der Waals surface area contributed by atoms with Gasteiger partial charge in [-0.2, -0.15) is 8.42 Å². The molecule has 0 aromatic heterocycles. The molecule has 1 heterocycles. The van der Waals surface area contributed by atoms with Crippen LogP contribution < -0.4 is 0 Å². The van der Waals surface area contributed by atoms with Crippen LogP contribution in [0.2, 0.25) is 0 Å². The van der Waals surface area contributed by atoms with E-state index in [0.717, 1.165) is 89.9 Å². The van der Waals surface area contributed by atoms with Crippen LogP contribution >= 0.6 is 0 Å². The van der Waals surface area contributed by atoms with E-state index in [1.165, 1.54) is 70.6 Å². The minimum atomic E-state index is -4.61. The van der Waals surface area contributed by atoms with Crippen molar-refractivity contribution in [3.8, 4) is 0 Å². The summed E-state index contributed by atoms with van der Waals surface area (Å²) >= 11 is 0. The predicted octanol–water partition coefficient (Wildman–Crippen LogP) is 11.3.